The molecule has 0 aliphatic carbocycles. The zero-order chi connectivity index (χ0) is 13.1. The SMILES string of the molecule is NC(CN1CCCCC1)c1noc(-c2ccco2)n1. The summed E-state index contributed by atoms with van der Waals surface area (Å²) < 4.78 is 10.4. The molecule has 6 nitrogen and oxygen atoms in total. The largest absolute Gasteiger partial charge is 0.459 e. The van der Waals surface area contributed by atoms with Crippen LogP contribution in [0.25, 0.3) is 11.7 Å². The minimum atomic E-state index is -0.217. The van der Waals surface area contributed by atoms with E-state index in [-0.39, 0.29) is 6.04 Å². The van der Waals surface area contributed by atoms with Crippen LogP contribution in [0.4, 0.5) is 0 Å². The standard InChI is InChI=1S/C13H18N4O2/c14-10(9-17-6-2-1-3-7-17)12-15-13(19-16-12)11-5-4-8-18-11/h4-5,8,10H,1-3,6-7,9,14H2. The van der Waals surface area contributed by atoms with E-state index >= 15 is 0 Å². The van der Waals surface area contributed by atoms with E-state index in [0.29, 0.717) is 17.5 Å². The first-order valence-electron chi connectivity index (χ1n) is 6.68. The van der Waals surface area contributed by atoms with E-state index in [0.717, 1.165) is 19.6 Å². The van der Waals surface area contributed by atoms with Crippen LogP contribution in [-0.4, -0.2) is 34.7 Å². The molecule has 0 bridgehead atoms. The predicted molar refractivity (Wildman–Crippen MR) is 69.2 cm³/mol. The number of aromatic nitrogens is 2. The van der Waals surface area contributed by atoms with Crippen molar-refractivity contribution in [2.45, 2.75) is 25.3 Å². The molecule has 0 spiro atoms. The Morgan fingerprint density at radius 2 is 2.16 bits per heavy atom. The first-order valence-corrected chi connectivity index (χ1v) is 6.68. The van der Waals surface area contributed by atoms with Crippen LogP contribution >= 0.6 is 0 Å². The Morgan fingerprint density at radius 1 is 1.32 bits per heavy atom. The van der Waals surface area contributed by atoms with Crippen molar-refractivity contribution in [3.8, 4) is 11.7 Å². The minimum Gasteiger partial charge on any atom is -0.459 e. The Hall–Kier alpha value is -1.66. The van der Waals surface area contributed by atoms with Gasteiger partial charge in [0.1, 0.15) is 0 Å². The van der Waals surface area contributed by atoms with Gasteiger partial charge in [-0.3, -0.25) is 0 Å². The van der Waals surface area contributed by atoms with Crippen molar-refractivity contribution in [3.63, 3.8) is 0 Å². The molecule has 0 amide bonds. The van der Waals surface area contributed by atoms with Crippen LogP contribution in [0.2, 0.25) is 0 Å². The molecule has 2 aromatic heterocycles. The molecule has 0 saturated carbocycles. The fourth-order valence-corrected chi connectivity index (χ4v) is 2.39. The van der Waals surface area contributed by atoms with Crippen LogP contribution in [0, 0.1) is 0 Å². The molecule has 3 rings (SSSR count). The van der Waals surface area contributed by atoms with E-state index in [1.807, 2.05) is 0 Å². The minimum absolute atomic E-state index is 0.217. The molecule has 1 unspecified atom stereocenters. The number of nitrogens with zero attached hydrogens (tertiary/aromatic N) is 3. The highest BCUT2D eigenvalue weighted by Gasteiger charge is 2.20. The Kier molecular flexibility index (Phi) is 3.61. The molecule has 1 aliphatic rings. The lowest BCUT2D eigenvalue weighted by molar-refractivity contribution is 0.213. The van der Waals surface area contributed by atoms with Gasteiger partial charge in [-0.1, -0.05) is 11.6 Å². The van der Waals surface area contributed by atoms with Gasteiger partial charge in [-0.05, 0) is 38.1 Å². The first kappa shape index (κ1) is 12.4. The number of piperidine rings is 1. The monoisotopic (exact) mass is 262 g/mol. The van der Waals surface area contributed by atoms with Gasteiger partial charge in [0.15, 0.2) is 11.6 Å². The molecule has 2 aromatic rings. The van der Waals surface area contributed by atoms with Crippen molar-refractivity contribution in [2.75, 3.05) is 19.6 Å². The quantitative estimate of drug-likeness (QED) is 0.905. The summed E-state index contributed by atoms with van der Waals surface area (Å²) in [6, 6.07) is 3.35. The lowest BCUT2D eigenvalue weighted by Gasteiger charge is -2.27. The van der Waals surface area contributed by atoms with E-state index in [4.69, 9.17) is 14.7 Å². The maximum atomic E-state index is 6.14. The van der Waals surface area contributed by atoms with Crippen molar-refractivity contribution in [3.05, 3.63) is 24.2 Å². The van der Waals surface area contributed by atoms with Gasteiger partial charge in [-0.25, -0.2) is 0 Å². The van der Waals surface area contributed by atoms with Gasteiger partial charge in [-0.2, -0.15) is 4.98 Å². The van der Waals surface area contributed by atoms with Crippen molar-refractivity contribution in [1.29, 1.82) is 0 Å². The number of likely N-dealkylation sites (tertiary alicyclic amines) is 1. The number of nitrogens with two attached hydrogens (primary N) is 1. The summed E-state index contributed by atoms with van der Waals surface area (Å²) in [6.07, 6.45) is 5.39. The summed E-state index contributed by atoms with van der Waals surface area (Å²) in [5.74, 6) is 1.50. The zero-order valence-electron chi connectivity index (χ0n) is 10.8. The van der Waals surface area contributed by atoms with Crippen LogP contribution in [0.1, 0.15) is 31.1 Å². The number of furan rings is 1. The van der Waals surface area contributed by atoms with Crippen LogP contribution in [0.5, 0.6) is 0 Å². The third-order valence-electron chi connectivity index (χ3n) is 3.41. The molecule has 2 N–H and O–H groups in total. The van der Waals surface area contributed by atoms with E-state index in [1.54, 1.807) is 18.4 Å². The topological polar surface area (TPSA) is 81.3 Å². The molecule has 102 valence electrons. The van der Waals surface area contributed by atoms with E-state index in [2.05, 4.69) is 15.0 Å². The average Bonchev–Trinajstić information content (AvgIpc) is 3.11. The second kappa shape index (κ2) is 5.54. The maximum absolute atomic E-state index is 6.14. The normalized spacial score (nSPS) is 18.6. The Balaban J connectivity index is 1.65. The van der Waals surface area contributed by atoms with Gasteiger partial charge in [0, 0.05) is 6.54 Å². The zero-order valence-corrected chi connectivity index (χ0v) is 10.8. The van der Waals surface area contributed by atoms with Gasteiger partial charge in [0.2, 0.25) is 0 Å². The second-order valence-corrected chi connectivity index (χ2v) is 4.90. The summed E-state index contributed by atoms with van der Waals surface area (Å²) in [4.78, 5) is 6.65. The molecule has 3 heterocycles. The number of hydrogen-bond donors (Lipinski definition) is 1. The van der Waals surface area contributed by atoms with Crippen molar-refractivity contribution in [1.82, 2.24) is 15.0 Å². The molecular formula is C13H18N4O2. The molecule has 0 radical (unpaired) electrons. The third-order valence-corrected chi connectivity index (χ3v) is 3.41. The predicted octanol–water partition coefficient (Wildman–Crippen LogP) is 1.82. The summed E-state index contributed by atoms with van der Waals surface area (Å²) >= 11 is 0. The van der Waals surface area contributed by atoms with Crippen molar-refractivity contribution >= 4 is 0 Å². The molecule has 1 aliphatic heterocycles. The van der Waals surface area contributed by atoms with Gasteiger partial charge >= 0.3 is 0 Å². The summed E-state index contributed by atoms with van der Waals surface area (Å²) in [7, 11) is 0. The smallest absolute Gasteiger partial charge is 0.293 e. The lowest BCUT2D eigenvalue weighted by atomic mass is 10.1. The maximum Gasteiger partial charge on any atom is 0.293 e. The van der Waals surface area contributed by atoms with Crippen molar-refractivity contribution in [2.24, 2.45) is 5.73 Å². The van der Waals surface area contributed by atoms with Crippen LogP contribution < -0.4 is 5.73 Å². The van der Waals surface area contributed by atoms with E-state index < -0.39 is 0 Å². The van der Waals surface area contributed by atoms with E-state index in [1.165, 1.54) is 19.3 Å². The van der Waals surface area contributed by atoms with Crippen LogP contribution in [-0.2, 0) is 0 Å². The Morgan fingerprint density at radius 3 is 2.89 bits per heavy atom. The summed E-state index contributed by atoms with van der Waals surface area (Å²) in [5.41, 5.74) is 6.14. The molecule has 1 fully saturated rings. The molecule has 0 aromatic carbocycles. The fourth-order valence-electron chi connectivity index (χ4n) is 2.39. The molecule has 1 atom stereocenters. The van der Waals surface area contributed by atoms with Gasteiger partial charge < -0.3 is 19.6 Å². The third kappa shape index (κ3) is 2.85. The highest BCUT2D eigenvalue weighted by Crippen LogP contribution is 2.20. The fraction of sp³-hybridized carbons (Fsp3) is 0.538. The summed E-state index contributed by atoms with van der Waals surface area (Å²) in [5, 5.41) is 3.94. The highest BCUT2D eigenvalue weighted by molar-refractivity contribution is 5.42. The molecular weight excluding hydrogens is 244 g/mol. The average molecular weight is 262 g/mol. The first-order chi connectivity index (χ1) is 9.33. The number of hydrogen-bond acceptors (Lipinski definition) is 6. The Bertz CT molecular complexity index is 502. The van der Waals surface area contributed by atoms with Crippen LogP contribution in [0.15, 0.2) is 27.3 Å². The number of rotatable bonds is 4. The molecule has 1 saturated heterocycles. The van der Waals surface area contributed by atoms with Gasteiger partial charge in [0.25, 0.3) is 5.89 Å². The van der Waals surface area contributed by atoms with Crippen molar-refractivity contribution < 1.29 is 8.94 Å². The van der Waals surface area contributed by atoms with Gasteiger partial charge in [0.05, 0.1) is 12.3 Å². The highest BCUT2D eigenvalue weighted by atomic mass is 16.5. The summed E-state index contributed by atoms with van der Waals surface area (Å²) in [6.45, 7) is 2.99. The van der Waals surface area contributed by atoms with E-state index in [9.17, 15) is 0 Å². The molecule has 19 heavy (non-hydrogen) atoms. The van der Waals surface area contributed by atoms with Gasteiger partial charge in [-0.15, -0.1) is 0 Å². The molecule has 6 heteroatoms. The lowest BCUT2D eigenvalue weighted by Crippen LogP contribution is -2.36. The Labute approximate surface area is 111 Å². The van der Waals surface area contributed by atoms with Crippen LogP contribution in [0.3, 0.4) is 0 Å². The second-order valence-electron chi connectivity index (χ2n) is 4.90.